The van der Waals surface area contributed by atoms with Gasteiger partial charge in [-0.25, -0.2) is 17.8 Å². The summed E-state index contributed by atoms with van der Waals surface area (Å²) in [5, 5.41) is 2.93. The summed E-state index contributed by atoms with van der Waals surface area (Å²) >= 11 is 0. The third kappa shape index (κ3) is 5.15. The standard InChI is InChI=1S/C24H27FN4O3S/c1-28-16-13-26-23(28)22(18-9-11-20(25)12-10-18)27-24(30)19-7-6-8-21(17-19)33(31,32)29-14-4-2-3-5-15-29/h6-13,16-17,22H,2-5,14-15H2,1H3,(H,27,30)/t22-/m0/s1. The molecule has 0 radical (unpaired) electrons. The van der Waals surface area contributed by atoms with Gasteiger partial charge in [0.1, 0.15) is 17.7 Å². The lowest BCUT2D eigenvalue weighted by molar-refractivity contribution is 0.0941. The number of nitrogens with zero attached hydrogens (tertiary/aromatic N) is 3. The van der Waals surface area contributed by atoms with Crippen LogP contribution in [0.4, 0.5) is 4.39 Å². The van der Waals surface area contributed by atoms with Crippen molar-refractivity contribution in [3.63, 3.8) is 0 Å². The number of carbonyl (C=O) groups is 1. The van der Waals surface area contributed by atoms with Gasteiger partial charge in [0.2, 0.25) is 10.0 Å². The Labute approximate surface area is 193 Å². The fourth-order valence-electron chi connectivity index (χ4n) is 4.05. The van der Waals surface area contributed by atoms with E-state index in [0.29, 0.717) is 24.5 Å². The summed E-state index contributed by atoms with van der Waals surface area (Å²) in [6.07, 6.45) is 7.09. The number of amides is 1. The van der Waals surface area contributed by atoms with E-state index in [1.54, 1.807) is 48.3 Å². The van der Waals surface area contributed by atoms with Gasteiger partial charge in [0.15, 0.2) is 0 Å². The van der Waals surface area contributed by atoms with Gasteiger partial charge in [-0.2, -0.15) is 4.31 Å². The van der Waals surface area contributed by atoms with Crippen molar-refractivity contribution in [3.05, 3.63) is 83.7 Å². The second-order valence-corrected chi connectivity index (χ2v) is 10.1. The van der Waals surface area contributed by atoms with Gasteiger partial charge in [-0.15, -0.1) is 0 Å². The topological polar surface area (TPSA) is 84.3 Å². The maximum atomic E-state index is 13.5. The van der Waals surface area contributed by atoms with Crippen molar-refractivity contribution in [1.29, 1.82) is 0 Å². The zero-order valence-electron chi connectivity index (χ0n) is 18.4. The van der Waals surface area contributed by atoms with Crippen molar-refractivity contribution in [3.8, 4) is 0 Å². The monoisotopic (exact) mass is 470 g/mol. The molecule has 2 heterocycles. The number of aromatic nitrogens is 2. The van der Waals surface area contributed by atoms with Gasteiger partial charge in [-0.3, -0.25) is 4.79 Å². The van der Waals surface area contributed by atoms with Crippen LogP contribution in [0, 0.1) is 5.82 Å². The van der Waals surface area contributed by atoms with Crippen LogP contribution in [0.5, 0.6) is 0 Å². The molecule has 1 aliphatic rings. The van der Waals surface area contributed by atoms with Crippen LogP contribution in [0.1, 0.15) is 53.5 Å². The number of rotatable bonds is 6. The fourth-order valence-corrected chi connectivity index (χ4v) is 5.61. The van der Waals surface area contributed by atoms with Crippen molar-refractivity contribution >= 4 is 15.9 Å². The highest BCUT2D eigenvalue weighted by Gasteiger charge is 2.27. The minimum atomic E-state index is -3.68. The number of imidazole rings is 1. The van der Waals surface area contributed by atoms with E-state index in [2.05, 4.69) is 10.3 Å². The van der Waals surface area contributed by atoms with Crippen LogP contribution >= 0.6 is 0 Å². The number of halogens is 1. The highest BCUT2D eigenvalue weighted by atomic mass is 32.2. The minimum absolute atomic E-state index is 0.104. The van der Waals surface area contributed by atoms with E-state index in [4.69, 9.17) is 0 Å². The molecule has 1 fully saturated rings. The maximum absolute atomic E-state index is 13.5. The van der Waals surface area contributed by atoms with E-state index < -0.39 is 22.0 Å². The summed E-state index contributed by atoms with van der Waals surface area (Å²) in [5.41, 5.74) is 0.889. The van der Waals surface area contributed by atoms with Crippen molar-refractivity contribution in [2.45, 2.75) is 36.6 Å². The minimum Gasteiger partial charge on any atom is -0.338 e. The molecule has 1 amide bonds. The molecule has 7 nitrogen and oxygen atoms in total. The lowest BCUT2D eigenvalue weighted by atomic mass is 10.1. The molecular formula is C24H27FN4O3S. The predicted molar refractivity (Wildman–Crippen MR) is 123 cm³/mol. The molecular weight excluding hydrogens is 443 g/mol. The smallest absolute Gasteiger partial charge is 0.252 e. The summed E-state index contributed by atoms with van der Waals surface area (Å²) in [6.45, 7) is 0.981. The number of sulfonamides is 1. The van der Waals surface area contributed by atoms with E-state index in [1.165, 1.54) is 28.6 Å². The van der Waals surface area contributed by atoms with Crippen molar-refractivity contribution in [2.75, 3.05) is 13.1 Å². The Morgan fingerprint density at radius 3 is 2.39 bits per heavy atom. The number of nitrogens with one attached hydrogen (secondary N) is 1. The first-order chi connectivity index (χ1) is 15.9. The Morgan fingerprint density at radius 1 is 1.06 bits per heavy atom. The maximum Gasteiger partial charge on any atom is 0.252 e. The average Bonchev–Trinajstić information content (AvgIpc) is 3.06. The third-order valence-electron chi connectivity index (χ3n) is 5.89. The summed E-state index contributed by atoms with van der Waals surface area (Å²) in [7, 11) is -1.88. The Morgan fingerprint density at radius 2 is 1.76 bits per heavy atom. The summed E-state index contributed by atoms with van der Waals surface area (Å²) in [6, 6.07) is 11.3. The molecule has 9 heteroatoms. The molecule has 2 aromatic carbocycles. The van der Waals surface area contributed by atoms with E-state index in [9.17, 15) is 17.6 Å². The SMILES string of the molecule is Cn1ccnc1[C@@H](NC(=O)c1cccc(S(=O)(=O)N2CCCCCC2)c1)c1ccc(F)cc1. The van der Waals surface area contributed by atoms with Crippen LogP contribution in [0.25, 0.3) is 0 Å². The summed E-state index contributed by atoms with van der Waals surface area (Å²) in [5.74, 6) is -0.251. The molecule has 1 aliphatic heterocycles. The number of hydrogen-bond acceptors (Lipinski definition) is 4. The van der Waals surface area contributed by atoms with Crippen LogP contribution in [-0.2, 0) is 17.1 Å². The quantitative estimate of drug-likeness (QED) is 0.596. The second kappa shape index (κ2) is 9.84. The molecule has 0 aliphatic carbocycles. The van der Waals surface area contributed by atoms with Gasteiger partial charge in [0.25, 0.3) is 5.91 Å². The van der Waals surface area contributed by atoms with E-state index in [0.717, 1.165) is 25.7 Å². The van der Waals surface area contributed by atoms with Gasteiger partial charge >= 0.3 is 0 Å². The molecule has 3 aromatic rings. The first-order valence-electron chi connectivity index (χ1n) is 11.0. The highest BCUT2D eigenvalue weighted by Crippen LogP contribution is 2.24. The lowest BCUT2D eigenvalue weighted by Crippen LogP contribution is -2.33. The largest absolute Gasteiger partial charge is 0.338 e. The van der Waals surface area contributed by atoms with Gasteiger partial charge in [-0.05, 0) is 48.7 Å². The Balaban J connectivity index is 1.61. The number of benzene rings is 2. The highest BCUT2D eigenvalue weighted by molar-refractivity contribution is 7.89. The van der Waals surface area contributed by atoms with Crippen LogP contribution in [0.2, 0.25) is 0 Å². The number of aryl methyl sites for hydroxylation is 1. The fraction of sp³-hybridized carbons (Fsp3) is 0.333. The molecule has 0 unspecified atom stereocenters. The first-order valence-corrected chi connectivity index (χ1v) is 12.4. The Hall–Kier alpha value is -3.04. The average molecular weight is 471 g/mol. The summed E-state index contributed by atoms with van der Waals surface area (Å²) < 4.78 is 43.1. The molecule has 174 valence electrons. The molecule has 33 heavy (non-hydrogen) atoms. The van der Waals surface area contributed by atoms with Crippen LogP contribution < -0.4 is 5.32 Å². The normalized spacial score (nSPS) is 16.2. The Kier molecular flexibility index (Phi) is 6.90. The lowest BCUT2D eigenvalue weighted by Gasteiger charge is -2.21. The summed E-state index contributed by atoms with van der Waals surface area (Å²) in [4.78, 5) is 17.6. The van der Waals surface area contributed by atoms with E-state index >= 15 is 0 Å². The zero-order valence-corrected chi connectivity index (χ0v) is 19.3. The van der Waals surface area contributed by atoms with E-state index in [1.807, 2.05) is 0 Å². The second-order valence-electron chi connectivity index (χ2n) is 8.20. The number of hydrogen-bond donors (Lipinski definition) is 1. The van der Waals surface area contributed by atoms with Crippen molar-refractivity contribution in [2.24, 2.45) is 7.05 Å². The van der Waals surface area contributed by atoms with Crippen LogP contribution in [-0.4, -0.2) is 41.3 Å². The molecule has 0 spiro atoms. The molecule has 0 bridgehead atoms. The first kappa shape index (κ1) is 23.1. The molecule has 1 aromatic heterocycles. The molecule has 0 saturated carbocycles. The van der Waals surface area contributed by atoms with Gasteiger partial charge < -0.3 is 9.88 Å². The molecule has 1 atom stereocenters. The predicted octanol–water partition coefficient (Wildman–Crippen LogP) is 3.64. The zero-order chi connectivity index (χ0) is 23.4. The van der Waals surface area contributed by atoms with Gasteiger partial charge in [0.05, 0.1) is 4.90 Å². The van der Waals surface area contributed by atoms with E-state index in [-0.39, 0.29) is 16.3 Å². The Bertz CT molecular complexity index is 1220. The van der Waals surface area contributed by atoms with Crippen LogP contribution in [0.3, 0.4) is 0 Å². The third-order valence-corrected chi connectivity index (χ3v) is 7.79. The van der Waals surface area contributed by atoms with Gasteiger partial charge in [-0.1, -0.05) is 31.0 Å². The molecule has 1 N–H and O–H groups in total. The van der Waals surface area contributed by atoms with Crippen LogP contribution in [0.15, 0.2) is 65.8 Å². The van der Waals surface area contributed by atoms with Gasteiger partial charge in [0, 0.05) is 38.1 Å². The number of carbonyl (C=O) groups excluding carboxylic acids is 1. The van der Waals surface area contributed by atoms with Crippen molar-refractivity contribution < 1.29 is 17.6 Å². The molecule has 1 saturated heterocycles. The van der Waals surface area contributed by atoms with Crippen molar-refractivity contribution in [1.82, 2.24) is 19.2 Å². The molecule has 4 rings (SSSR count).